The topological polar surface area (TPSA) is 69.3 Å². The maximum absolute atomic E-state index is 12.9. The van der Waals surface area contributed by atoms with Crippen LogP contribution in [0, 0.1) is 5.82 Å². The maximum atomic E-state index is 12.9. The van der Waals surface area contributed by atoms with Gasteiger partial charge in [0.25, 0.3) is 11.5 Å². The van der Waals surface area contributed by atoms with Gasteiger partial charge in [0.05, 0.1) is 0 Å². The number of halogens is 1. The van der Waals surface area contributed by atoms with Crippen LogP contribution >= 0.6 is 0 Å². The van der Waals surface area contributed by atoms with Crippen molar-refractivity contribution in [1.82, 2.24) is 15.1 Å². The van der Waals surface area contributed by atoms with Crippen LogP contribution in [0.25, 0.3) is 0 Å². The van der Waals surface area contributed by atoms with E-state index in [1.165, 1.54) is 24.3 Å². The average Bonchev–Trinajstić information content (AvgIpc) is 2.56. The summed E-state index contributed by atoms with van der Waals surface area (Å²) in [6, 6.07) is 9.03. The molecule has 1 saturated heterocycles. The van der Waals surface area contributed by atoms with Crippen molar-refractivity contribution in [3.63, 3.8) is 0 Å². The smallest absolute Gasteiger partial charge is 0.274 e. The summed E-state index contributed by atoms with van der Waals surface area (Å²) in [5.74, 6) is -0.461. The minimum atomic E-state index is -0.335. The fourth-order valence-electron chi connectivity index (χ4n) is 2.45. The van der Waals surface area contributed by atoms with Crippen LogP contribution in [-0.2, 0) is 0 Å². The summed E-state index contributed by atoms with van der Waals surface area (Å²) in [5.41, 5.74) is 0.836. The average molecular weight is 302 g/mol. The molecule has 0 aliphatic carbocycles. The van der Waals surface area contributed by atoms with Gasteiger partial charge in [-0.25, -0.2) is 9.49 Å². The molecule has 114 valence electrons. The van der Waals surface area contributed by atoms with Crippen LogP contribution in [0.1, 0.15) is 10.5 Å². The summed E-state index contributed by atoms with van der Waals surface area (Å²) < 4.78 is 12.9. The summed E-state index contributed by atoms with van der Waals surface area (Å²) in [6.45, 7) is 2.44. The molecule has 0 unspecified atom stereocenters. The summed E-state index contributed by atoms with van der Waals surface area (Å²) in [5, 5.41) is 6.02. The third-order valence-electron chi connectivity index (χ3n) is 3.66. The molecule has 0 bridgehead atoms. The highest BCUT2D eigenvalue weighted by Gasteiger charge is 2.23. The van der Waals surface area contributed by atoms with E-state index in [0.717, 1.165) is 5.69 Å². The van der Waals surface area contributed by atoms with Crippen LogP contribution in [0.3, 0.4) is 0 Å². The van der Waals surface area contributed by atoms with Gasteiger partial charge >= 0.3 is 0 Å². The number of hydrogen-bond donors (Lipinski definition) is 1. The molecule has 0 saturated carbocycles. The number of carbonyl (C=O) groups is 1. The van der Waals surface area contributed by atoms with Crippen molar-refractivity contribution in [2.45, 2.75) is 0 Å². The molecule has 1 fully saturated rings. The van der Waals surface area contributed by atoms with E-state index in [4.69, 9.17) is 0 Å². The van der Waals surface area contributed by atoms with E-state index in [2.05, 4.69) is 15.1 Å². The number of anilines is 1. The fraction of sp³-hybridized carbons (Fsp3) is 0.267. The quantitative estimate of drug-likeness (QED) is 0.894. The van der Waals surface area contributed by atoms with Gasteiger partial charge in [0.1, 0.15) is 11.5 Å². The van der Waals surface area contributed by atoms with E-state index < -0.39 is 0 Å². The maximum Gasteiger partial charge on any atom is 0.274 e. The molecule has 1 aromatic heterocycles. The second-order valence-corrected chi connectivity index (χ2v) is 5.06. The van der Waals surface area contributed by atoms with Crippen molar-refractivity contribution in [3.05, 3.63) is 58.3 Å². The van der Waals surface area contributed by atoms with Gasteiger partial charge < -0.3 is 9.80 Å². The number of aromatic amines is 1. The van der Waals surface area contributed by atoms with Crippen LogP contribution in [0.4, 0.5) is 10.1 Å². The molecule has 0 radical (unpaired) electrons. The van der Waals surface area contributed by atoms with Gasteiger partial charge in [0, 0.05) is 37.9 Å². The molecule has 0 spiro atoms. The Morgan fingerprint density at radius 1 is 1.05 bits per heavy atom. The van der Waals surface area contributed by atoms with Crippen molar-refractivity contribution < 1.29 is 9.18 Å². The molecule has 2 aromatic rings. The Morgan fingerprint density at radius 2 is 1.73 bits per heavy atom. The van der Waals surface area contributed by atoms with E-state index in [1.807, 2.05) is 0 Å². The zero-order valence-corrected chi connectivity index (χ0v) is 11.8. The van der Waals surface area contributed by atoms with Crippen molar-refractivity contribution in [2.24, 2.45) is 0 Å². The molecular weight excluding hydrogens is 287 g/mol. The molecule has 3 rings (SSSR count). The molecule has 2 heterocycles. The first-order valence-corrected chi connectivity index (χ1v) is 6.99. The Balaban J connectivity index is 1.64. The molecular formula is C15H15FN4O2. The fourth-order valence-corrected chi connectivity index (χ4v) is 2.45. The third-order valence-corrected chi connectivity index (χ3v) is 3.66. The number of piperazine rings is 1. The SMILES string of the molecule is O=C(c1ccc(=O)[nH]n1)N1CCN(c2ccc(F)cc2)CC1. The molecule has 1 aliphatic heterocycles. The van der Waals surface area contributed by atoms with Crippen LogP contribution in [-0.4, -0.2) is 47.2 Å². The molecule has 1 amide bonds. The van der Waals surface area contributed by atoms with Gasteiger partial charge in [0.15, 0.2) is 0 Å². The Hall–Kier alpha value is -2.70. The summed E-state index contributed by atoms with van der Waals surface area (Å²) in [6.07, 6.45) is 0. The normalized spacial score (nSPS) is 15.0. The lowest BCUT2D eigenvalue weighted by atomic mass is 10.2. The lowest BCUT2D eigenvalue weighted by Gasteiger charge is -2.35. The number of hydrogen-bond acceptors (Lipinski definition) is 4. The number of carbonyl (C=O) groups excluding carboxylic acids is 1. The molecule has 0 atom stereocenters. The summed E-state index contributed by atoms with van der Waals surface area (Å²) >= 11 is 0. The first kappa shape index (κ1) is 14.2. The van der Waals surface area contributed by atoms with Crippen LogP contribution < -0.4 is 10.5 Å². The lowest BCUT2D eigenvalue weighted by molar-refractivity contribution is 0.0739. The van der Waals surface area contributed by atoms with Crippen molar-refractivity contribution in [1.29, 1.82) is 0 Å². The molecule has 1 aromatic carbocycles. The lowest BCUT2D eigenvalue weighted by Crippen LogP contribution is -2.49. The second-order valence-electron chi connectivity index (χ2n) is 5.06. The van der Waals surface area contributed by atoms with Crippen LogP contribution in [0.2, 0.25) is 0 Å². The van der Waals surface area contributed by atoms with Gasteiger partial charge in [-0.2, -0.15) is 5.10 Å². The largest absolute Gasteiger partial charge is 0.368 e. The van der Waals surface area contributed by atoms with Crippen LogP contribution in [0.15, 0.2) is 41.2 Å². The Kier molecular flexibility index (Phi) is 3.86. The molecule has 22 heavy (non-hydrogen) atoms. The number of nitrogens with one attached hydrogen (secondary N) is 1. The van der Waals surface area contributed by atoms with Gasteiger partial charge in [-0.05, 0) is 30.3 Å². The minimum Gasteiger partial charge on any atom is -0.368 e. The number of amides is 1. The predicted molar refractivity (Wildman–Crippen MR) is 79.4 cm³/mol. The molecule has 7 heteroatoms. The monoisotopic (exact) mass is 302 g/mol. The molecule has 1 N–H and O–H groups in total. The molecule has 6 nitrogen and oxygen atoms in total. The minimum absolute atomic E-state index is 0.199. The Morgan fingerprint density at radius 3 is 2.32 bits per heavy atom. The van der Waals surface area contributed by atoms with Crippen molar-refractivity contribution in [3.8, 4) is 0 Å². The summed E-state index contributed by atoms with van der Waals surface area (Å²) in [4.78, 5) is 27.0. The van der Waals surface area contributed by atoms with Crippen molar-refractivity contribution >= 4 is 11.6 Å². The predicted octanol–water partition coefficient (Wildman–Crippen LogP) is 0.871. The number of H-pyrrole nitrogens is 1. The number of benzene rings is 1. The Bertz CT molecular complexity index is 701. The zero-order chi connectivity index (χ0) is 15.5. The van der Waals surface area contributed by atoms with Crippen LogP contribution in [0.5, 0.6) is 0 Å². The van der Waals surface area contributed by atoms with E-state index in [9.17, 15) is 14.0 Å². The standard InChI is InChI=1S/C15H15FN4O2/c16-11-1-3-12(4-2-11)19-7-9-20(10-8-19)15(22)13-5-6-14(21)18-17-13/h1-6H,7-10H2,(H,18,21). The Labute approximate surface area is 126 Å². The van der Waals surface area contributed by atoms with E-state index in [1.54, 1.807) is 17.0 Å². The van der Waals surface area contributed by atoms with E-state index in [0.29, 0.717) is 26.2 Å². The highest BCUT2D eigenvalue weighted by atomic mass is 19.1. The second kappa shape index (κ2) is 5.97. The highest BCUT2D eigenvalue weighted by molar-refractivity contribution is 5.92. The van der Waals surface area contributed by atoms with Gasteiger partial charge in [0.2, 0.25) is 0 Å². The highest BCUT2D eigenvalue weighted by Crippen LogP contribution is 2.17. The summed E-state index contributed by atoms with van der Waals surface area (Å²) in [7, 11) is 0. The van der Waals surface area contributed by atoms with Gasteiger partial charge in [-0.15, -0.1) is 0 Å². The van der Waals surface area contributed by atoms with E-state index >= 15 is 0 Å². The third kappa shape index (κ3) is 2.98. The van der Waals surface area contributed by atoms with Crippen molar-refractivity contribution in [2.75, 3.05) is 31.1 Å². The number of aromatic nitrogens is 2. The first-order chi connectivity index (χ1) is 10.6. The first-order valence-electron chi connectivity index (χ1n) is 6.99. The number of rotatable bonds is 2. The van der Waals surface area contributed by atoms with Gasteiger partial charge in [-0.1, -0.05) is 0 Å². The van der Waals surface area contributed by atoms with Gasteiger partial charge in [-0.3, -0.25) is 9.59 Å². The zero-order valence-electron chi connectivity index (χ0n) is 11.8. The number of nitrogens with zero attached hydrogens (tertiary/aromatic N) is 3. The molecule has 1 aliphatic rings. The van der Waals surface area contributed by atoms with E-state index in [-0.39, 0.29) is 23.0 Å².